The van der Waals surface area contributed by atoms with Crippen LogP contribution in [0.25, 0.3) is 0 Å². The molecule has 0 bridgehead atoms. The Labute approximate surface area is 646 Å². The zero-order valence-corrected chi connectivity index (χ0v) is 61.9. The van der Waals surface area contributed by atoms with Crippen LogP contribution in [0.5, 0.6) is 0 Å². The largest absolute Gasteiger partial charge is 0.394 e. The highest BCUT2D eigenvalue weighted by Gasteiger charge is 2.60. The summed E-state index contributed by atoms with van der Waals surface area (Å²) in [5, 5.41) is 269. The third kappa shape index (κ3) is 21.2. The van der Waals surface area contributed by atoms with E-state index >= 15 is 0 Å². The van der Waals surface area contributed by atoms with E-state index in [0.717, 1.165) is 34.6 Å². The molecule has 0 aromatic rings. The second-order valence-electron chi connectivity index (χ2n) is 29.0. The third-order valence-electron chi connectivity index (χ3n) is 20.7. The number of rotatable bonds is 29. The minimum atomic E-state index is -2.54. The fraction of sp³-hybridized carbons (Fsp3) is 0.922. The van der Waals surface area contributed by atoms with Crippen molar-refractivity contribution < 1.29 is 222 Å². The number of aliphatic hydroxyl groups is 23. The zero-order valence-electron chi connectivity index (χ0n) is 61.9. The Kier molecular flexibility index (Phi) is 33.6. The standard InChI is InChI=1S/C64H107N5O45/c1-15-34(80)45(91)48(94)61(101-15)99-14-28-53(43(89)29(56(97)102-28)65-16(2)75)111-60-33(69-20(6)79)44(90)51(24(10-73)106-60)112-63-50(96)54(113-62-49(95)47(93)52(25(11-74)107-62)110-58-31(67-18(4)77)41(87)36(82)22(8-71)104-58)39(85)27(108-63)13-100-64-55(114-59-32(68-19(5)78)42(88)37(83)23(9-72)105-59)46(92)38(84)26(109-64)12-98-57-30(66-17(3)76)40(86)35(81)21(7-70)103-57/h15,21-64,70-74,80-97H,7-14H2,1-6H3,(H,65,75)(H,66,76)(H,67,77)(H,68,78)(H,69,79)/t15-,21-,22-,23-,24-,25-,26-,27-,28-,29-,30-,31-,32-,33-,34+,35-,36-,37-,38-,39-,40-,41-,42-,43-,44-,45+,46+,47-,48-,49+,50+,51-,52-,53-,54+,55+,56-,57-,58+,59+,60+,61+,62-,63+,64+/m1/s1. The van der Waals surface area contributed by atoms with Crippen LogP contribution in [0.2, 0.25) is 0 Å². The fourth-order valence-corrected chi connectivity index (χ4v) is 14.6. The van der Waals surface area contributed by atoms with Crippen LogP contribution in [0.15, 0.2) is 0 Å². The highest BCUT2D eigenvalue weighted by atomic mass is 16.8. The minimum absolute atomic E-state index is 0.792. The predicted molar refractivity (Wildman–Crippen MR) is 354 cm³/mol. The Morgan fingerprint density at radius 2 is 0.544 bits per heavy atom. The summed E-state index contributed by atoms with van der Waals surface area (Å²) in [6.45, 7) is -2.05. The Morgan fingerprint density at radius 3 is 1.02 bits per heavy atom. The number of amides is 5. The van der Waals surface area contributed by atoms with Crippen molar-refractivity contribution in [3.63, 3.8) is 0 Å². The molecule has 658 valence electrons. The molecular formula is C64H107N5O45. The molecule has 9 fully saturated rings. The molecule has 50 heteroatoms. The second kappa shape index (κ2) is 40.9. The van der Waals surface area contributed by atoms with E-state index < -0.39 is 358 Å². The van der Waals surface area contributed by atoms with Crippen molar-refractivity contribution in [2.45, 2.75) is 318 Å². The molecule has 0 aromatic carbocycles. The predicted octanol–water partition coefficient (Wildman–Crippen LogP) is -18.9. The molecule has 50 nitrogen and oxygen atoms in total. The maximum Gasteiger partial charge on any atom is 0.217 e. The molecular weight excluding hydrogens is 1560 g/mol. The first-order valence-corrected chi connectivity index (χ1v) is 36.5. The summed E-state index contributed by atoms with van der Waals surface area (Å²) in [6.07, 6.45) is -80.6. The first-order chi connectivity index (χ1) is 53.8. The van der Waals surface area contributed by atoms with Gasteiger partial charge in [-0.1, -0.05) is 0 Å². The van der Waals surface area contributed by atoms with Crippen molar-refractivity contribution in [1.82, 2.24) is 26.6 Å². The van der Waals surface area contributed by atoms with Crippen molar-refractivity contribution in [2.24, 2.45) is 0 Å². The maximum absolute atomic E-state index is 13.2. The first-order valence-electron chi connectivity index (χ1n) is 36.5. The van der Waals surface area contributed by atoms with Gasteiger partial charge in [0.1, 0.15) is 213 Å². The SMILES string of the molecule is CC(=O)N[C@@H]1[C@@H](O)[C@H](O[C@@H]2O[C@H](CO)[C@@H](O[C@@H]3O[C@H](CO[C@H]4O[C@H](CO[C@@H]5O[C@H](CO)[C@@H](O)[C@H](O)[C@H]5NC(C)=O)[C@@H](O)[C@H](O)[C@@H]4O[C@@H]4O[C@H](CO)[C@@H](O)[C@H](O)[C@H]4NC(C)=O)[C@@H](O)[C@H](O[C@H]4O[C@H](CO)[C@@H](O[C@@H]5O[C@H](CO)[C@@H](O)[C@H](O)[C@H]5NC(C)=O)[C@H](O)[C@@H]4O)[C@@H]3O)[C@H](O)[C@H]2NC(C)=O)[C@@H](CO[C@H]2O[C@H](C)[C@H](O)[C@H](O)[C@H]2O)O[C@H]1O. The molecule has 9 saturated heterocycles. The van der Waals surface area contributed by atoms with Gasteiger partial charge in [-0.3, -0.25) is 24.0 Å². The molecule has 45 atom stereocenters. The molecule has 0 spiro atoms. The van der Waals surface area contributed by atoms with Gasteiger partial charge in [0.2, 0.25) is 29.5 Å². The summed E-state index contributed by atoms with van der Waals surface area (Å²) >= 11 is 0. The number of hydrogen-bond acceptors (Lipinski definition) is 45. The lowest BCUT2D eigenvalue weighted by atomic mass is 9.93. The van der Waals surface area contributed by atoms with Crippen molar-refractivity contribution in [1.29, 1.82) is 0 Å². The summed E-state index contributed by atoms with van der Waals surface area (Å²) in [5.74, 6) is -4.28. The van der Waals surface area contributed by atoms with E-state index in [1.54, 1.807) is 0 Å². The van der Waals surface area contributed by atoms with Crippen LogP contribution in [0, 0.1) is 0 Å². The molecule has 0 aliphatic carbocycles. The molecule has 114 heavy (non-hydrogen) atoms. The quantitative estimate of drug-likeness (QED) is 0.0331. The minimum Gasteiger partial charge on any atom is -0.394 e. The molecule has 28 N–H and O–H groups in total. The van der Waals surface area contributed by atoms with Gasteiger partial charge in [-0.15, -0.1) is 0 Å². The van der Waals surface area contributed by atoms with E-state index in [0.29, 0.717) is 0 Å². The lowest BCUT2D eigenvalue weighted by Crippen LogP contribution is -2.70. The molecule has 0 radical (unpaired) electrons. The van der Waals surface area contributed by atoms with Crippen molar-refractivity contribution in [3.8, 4) is 0 Å². The van der Waals surface area contributed by atoms with Gasteiger partial charge < -0.3 is 225 Å². The van der Waals surface area contributed by atoms with Gasteiger partial charge in [0, 0.05) is 34.6 Å². The van der Waals surface area contributed by atoms with Crippen LogP contribution in [-0.4, -0.2) is 476 Å². The highest BCUT2D eigenvalue weighted by Crippen LogP contribution is 2.39. The van der Waals surface area contributed by atoms with Gasteiger partial charge >= 0.3 is 0 Å². The van der Waals surface area contributed by atoms with Crippen LogP contribution < -0.4 is 26.6 Å². The number of aliphatic hydroxyl groups excluding tert-OH is 23. The van der Waals surface area contributed by atoms with E-state index in [-0.39, 0.29) is 0 Å². The van der Waals surface area contributed by atoms with Crippen LogP contribution in [0.1, 0.15) is 41.5 Å². The van der Waals surface area contributed by atoms with E-state index in [4.69, 9.17) is 80.5 Å². The average molecular weight is 1670 g/mol. The van der Waals surface area contributed by atoms with E-state index in [1.807, 2.05) is 0 Å². The van der Waals surface area contributed by atoms with Crippen LogP contribution >= 0.6 is 0 Å². The smallest absolute Gasteiger partial charge is 0.217 e. The molecule has 0 aromatic heterocycles. The first kappa shape index (κ1) is 93.6. The molecule has 9 aliphatic rings. The third-order valence-corrected chi connectivity index (χ3v) is 20.7. The monoisotopic (exact) mass is 1670 g/mol. The normalized spacial score (nSPS) is 48.2. The highest BCUT2D eigenvalue weighted by molar-refractivity contribution is 5.75. The number of carbonyl (C=O) groups is 5. The Morgan fingerprint density at radius 1 is 0.246 bits per heavy atom. The van der Waals surface area contributed by atoms with Crippen molar-refractivity contribution >= 4 is 29.5 Å². The topological polar surface area (TPSA) is 768 Å². The average Bonchev–Trinajstić information content (AvgIpc) is 0.758. The second-order valence-corrected chi connectivity index (χ2v) is 29.0. The van der Waals surface area contributed by atoms with E-state index in [2.05, 4.69) is 26.6 Å². The Hall–Kier alpha value is -4.25. The molecule has 9 rings (SSSR count). The van der Waals surface area contributed by atoms with Gasteiger partial charge in [0.15, 0.2) is 56.6 Å². The molecule has 0 unspecified atom stereocenters. The Balaban J connectivity index is 1.05. The van der Waals surface area contributed by atoms with E-state index in [1.165, 1.54) is 6.92 Å². The van der Waals surface area contributed by atoms with Gasteiger partial charge in [-0.25, -0.2) is 0 Å². The van der Waals surface area contributed by atoms with Crippen LogP contribution in [0.4, 0.5) is 0 Å². The van der Waals surface area contributed by atoms with Crippen LogP contribution in [-0.2, 0) is 104 Å². The molecule has 0 saturated carbocycles. The molecule has 5 amide bonds. The molecule has 9 aliphatic heterocycles. The van der Waals surface area contributed by atoms with Gasteiger partial charge in [0.05, 0.1) is 59.0 Å². The Bertz CT molecular complexity index is 3080. The number of ether oxygens (including phenoxy) is 17. The summed E-state index contributed by atoms with van der Waals surface area (Å²) in [6, 6.07) is -8.81. The van der Waals surface area contributed by atoms with Gasteiger partial charge in [-0.05, 0) is 6.92 Å². The van der Waals surface area contributed by atoms with Crippen LogP contribution in [0.3, 0.4) is 0 Å². The van der Waals surface area contributed by atoms with Crippen molar-refractivity contribution in [3.05, 3.63) is 0 Å². The lowest BCUT2D eigenvalue weighted by Gasteiger charge is -2.51. The van der Waals surface area contributed by atoms with Gasteiger partial charge in [0.25, 0.3) is 0 Å². The summed E-state index contributed by atoms with van der Waals surface area (Å²) in [4.78, 5) is 62.9. The number of hydrogen-bond donors (Lipinski definition) is 28. The number of nitrogens with one attached hydrogen (secondary N) is 5. The molecule has 9 heterocycles. The summed E-state index contributed by atoms with van der Waals surface area (Å²) in [5.41, 5.74) is 0. The lowest BCUT2D eigenvalue weighted by molar-refractivity contribution is -0.392. The zero-order chi connectivity index (χ0) is 84.1. The fourth-order valence-electron chi connectivity index (χ4n) is 14.6. The summed E-state index contributed by atoms with van der Waals surface area (Å²) in [7, 11) is 0. The van der Waals surface area contributed by atoms with Crippen molar-refractivity contribution in [2.75, 3.05) is 52.9 Å². The maximum atomic E-state index is 13.2. The summed E-state index contributed by atoms with van der Waals surface area (Å²) < 4.78 is 101. The van der Waals surface area contributed by atoms with E-state index in [9.17, 15) is 141 Å². The number of carbonyl (C=O) groups excluding carboxylic acids is 5. The van der Waals surface area contributed by atoms with Gasteiger partial charge in [-0.2, -0.15) is 0 Å².